The van der Waals surface area contributed by atoms with E-state index >= 15 is 0 Å². The summed E-state index contributed by atoms with van der Waals surface area (Å²) in [5.41, 5.74) is 1.15. The molecule has 0 bridgehead atoms. The van der Waals surface area contributed by atoms with Gasteiger partial charge in [0.25, 0.3) is 0 Å². The molecule has 0 spiro atoms. The summed E-state index contributed by atoms with van der Waals surface area (Å²) in [7, 11) is 4.00. The molecule has 0 aliphatic rings. The van der Waals surface area contributed by atoms with Gasteiger partial charge >= 0.3 is 0 Å². The number of anilines is 1. The van der Waals surface area contributed by atoms with Gasteiger partial charge in [0, 0.05) is 32.8 Å². The normalized spacial score (nSPS) is 9.93. The third-order valence-corrected chi connectivity index (χ3v) is 1.92. The van der Waals surface area contributed by atoms with Crippen LogP contribution in [0, 0.1) is 0 Å². The van der Waals surface area contributed by atoms with E-state index < -0.39 is 0 Å². The number of nitrogens with zero attached hydrogens (tertiary/aromatic N) is 1. The molecule has 0 fully saturated rings. The summed E-state index contributed by atoms with van der Waals surface area (Å²) in [4.78, 5) is 2.04. The first-order chi connectivity index (χ1) is 6.74. The molecule has 0 saturated heterocycles. The number of hydrogen-bond donors (Lipinski definition) is 1. The molecule has 1 N–H and O–H groups in total. The van der Waals surface area contributed by atoms with Crippen LogP contribution in [0.25, 0.3) is 0 Å². The zero-order valence-electron chi connectivity index (χ0n) is 8.73. The van der Waals surface area contributed by atoms with Crippen LogP contribution in [0.4, 0.5) is 5.69 Å². The molecule has 1 aromatic carbocycles. The molecular formula is C11H17NO2. The van der Waals surface area contributed by atoms with E-state index in [9.17, 15) is 0 Å². The van der Waals surface area contributed by atoms with E-state index in [2.05, 4.69) is 0 Å². The quantitative estimate of drug-likeness (QED) is 0.723. The average Bonchev–Trinajstić information content (AvgIpc) is 2.19. The molecule has 78 valence electrons. The summed E-state index contributed by atoms with van der Waals surface area (Å²) < 4.78 is 5.40. The molecule has 0 heterocycles. The van der Waals surface area contributed by atoms with Crippen LogP contribution in [0.15, 0.2) is 24.3 Å². The van der Waals surface area contributed by atoms with Gasteiger partial charge in [0.15, 0.2) is 0 Å². The SMILES string of the molecule is CN(C)c1ccc(OCCCO)cc1. The average molecular weight is 195 g/mol. The van der Waals surface area contributed by atoms with Crippen LogP contribution in [-0.2, 0) is 0 Å². The van der Waals surface area contributed by atoms with Crippen LogP contribution >= 0.6 is 0 Å². The molecule has 0 atom stereocenters. The van der Waals surface area contributed by atoms with Crippen molar-refractivity contribution in [2.45, 2.75) is 6.42 Å². The highest BCUT2D eigenvalue weighted by atomic mass is 16.5. The third kappa shape index (κ3) is 3.26. The Bertz CT molecular complexity index is 256. The van der Waals surface area contributed by atoms with Crippen molar-refractivity contribution in [1.29, 1.82) is 0 Å². The molecule has 0 aliphatic carbocycles. The van der Waals surface area contributed by atoms with Gasteiger partial charge in [-0.3, -0.25) is 0 Å². The highest BCUT2D eigenvalue weighted by Crippen LogP contribution is 2.17. The highest BCUT2D eigenvalue weighted by molar-refractivity contribution is 5.47. The molecule has 3 nitrogen and oxygen atoms in total. The fourth-order valence-electron chi connectivity index (χ4n) is 1.10. The first-order valence-corrected chi connectivity index (χ1v) is 4.75. The van der Waals surface area contributed by atoms with E-state index in [1.165, 1.54) is 0 Å². The van der Waals surface area contributed by atoms with E-state index in [-0.39, 0.29) is 6.61 Å². The Balaban J connectivity index is 2.47. The standard InChI is InChI=1S/C11H17NO2/c1-12(2)10-4-6-11(7-5-10)14-9-3-8-13/h4-7,13H,3,8-9H2,1-2H3. The van der Waals surface area contributed by atoms with Crippen LogP contribution in [0.3, 0.4) is 0 Å². The number of benzene rings is 1. The smallest absolute Gasteiger partial charge is 0.119 e. The van der Waals surface area contributed by atoms with Crippen LogP contribution in [0.1, 0.15) is 6.42 Å². The van der Waals surface area contributed by atoms with Crippen molar-refractivity contribution < 1.29 is 9.84 Å². The van der Waals surface area contributed by atoms with Gasteiger partial charge in [-0.1, -0.05) is 0 Å². The molecule has 1 aromatic rings. The van der Waals surface area contributed by atoms with Gasteiger partial charge in [-0.05, 0) is 24.3 Å². The van der Waals surface area contributed by atoms with E-state index in [0.717, 1.165) is 11.4 Å². The molecule has 14 heavy (non-hydrogen) atoms. The van der Waals surface area contributed by atoms with E-state index in [1.807, 2.05) is 43.3 Å². The third-order valence-electron chi connectivity index (χ3n) is 1.92. The first kappa shape index (κ1) is 10.9. The summed E-state index contributed by atoms with van der Waals surface area (Å²) in [6, 6.07) is 7.89. The molecule has 0 saturated carbocycles. The maximum absolute atomic E-state index is 8.57. The number of ether oxygens (including phenoxy) is 1. The number of rotatable bonds is 5. The van der Waals surface area contributed by atoms with Crippen molar-refractivity contribution in [1.82, 2.24) is 0 Å². The lowest BCUT2D eigenvalue weighted by Crippen LogP contribution is -2.08. The minimum Gasteiger partial charge on any atom is -0.494 e. The monoisotopic (exact) mass is 195 g/mol. The van der Waals surface area contributed by atoms with Gasteiger partial charge in [0.05, 0.1) is 6.61 Å². The van der Waals surface area contributed by atoms with Gasteiger partial charge in [0.1, 0.15) is 5.75 Å². The predicted octanol–water partition coefficient (Wildman–Crippen LogP) is 1.51. The van der Waals surface area contributed by atoms with E-state index in [4.69, 9.17) is 9.84 Å². The Hall–Kier alpha value is -1.22. The van der Waals surface area contributed by atoms with Crippen molar-refractivity contribution in [3.05, 3.63) is 24.3 Å². The minimum atomic E-state index is 0.176. The lowest BCUT2D eigenvalue weighted by atomic mass is 10.3. The van der Waals surface area contributed by atoms with Crippen LogP contribution in [0.5, 0.6) is 5.75 Å². The predicted molar refractivity (Wildman–Crippen MR) is 58.0 cm³/mol. The molecule has 0 amide bonds. The lowest BCUT2D eigenvalue weighted by Gasteiger charge is -2.12. The lowest BCUT2D eigenvalue weighted by molar-refractivity contribution is 0.233. The van der Waals surface area contributed by atoms with E-state index in [1.54, 1.807) is 0 Å². The topological polar surface area (TPSA) is 32.7 Å². The largest absolute Gasteiger partial charge is 0.494 e. The van der Waals surface area contributed by atoms with Gasteiger partial charge in [-0.25, -0.2) is 0 Å². The second-order valence-electron chi connectivity index (χ2n) is 3.31. The Morgan fingerprint density at radius 2 is 1.86 bits per heavy atom. The summed E-state index contributed by atoms with van der Waals surface area (Å²) >= 11 is 0. The van der Waals surface area contributed by atoms with Gasteiger partial charge in [-0.2, -0.15) is 0 Å². The van der Waals surface area contributed by atoms with Gasteiger partial charge in [-0.15, -0.1) is 0 Å². The number of aliphatic hydroxyl groups excluding tert-OH is 1. The fourth-order valence-corrected chi connectivity index (χ4v) is 1.10. The Morgan fingerprint density at radius 1 is 1.21 bits per heavy atom. The van der Waals surface area contributed by atoms with Crippen molar-refractivity contribution in [3.8, 4) is 5.75 Å². The van der Waals surface area contributed by atoms with E-state index in [0.29, 0.717) is 13.0 Å². The first-order valence-electron chi connectivity index (χ1n) is 4.75. The van der Waals surface area contributed by atoms with Gasteiger partial charge in [0.2, 0.25) is 0 Å². The van der Waals surface area contributed by atoms with Crippen LogP contribution in [-0.4, -0.2) is 32.4 Å². The fraction of sp³-hybridized carbons (Fsp3) is 0.455. The summed E-state index contributed by atoms with van der Waals surface area (Å²) in [5.74, 6) is 0.851. The molecule has 1 rings (SSSR count). The molecule has 0 unspecified atom stereocenters. The second-order valence-corrected chi connectivity index (χ2v) is 3.31. The summed E-state index contributed by atoms with van der Waals surface area (Å²) in [6.45, 7) is 0.744. The molecule has 3 heteroatoms. The molecule has 0 aliphatic heterocycles. The number of aliphatic hydroxyl groups is 1. The van der Waals surface area contributed by atoms with Crippen LogP contribution in [0.2, 0.25) is 0 Å². The summed E-state index contributed by atoms with van der Waals surface area (Å²) in [5, 5.41) is 8.57. The number of hydrogen-bond acceptors (Lipinski definition) is 3. The van der Waals surface area contributed by atoms with Crippen molar-refractivity contribution in [2.24, 2.45) is 0 Å². The zero-order chi connectivity index (χ0) is 10.4. The molecular weight excluding hydrogens is 178 g/mol. The maximum Gasteiger partial charge on any atom is 0.119 e. The van der Waals surface area contributed by atoms with Crippen molar-refractivity contribution in [3.63, 3.8) is 0 Å². The molecule has 0 aromatic heterocycles. The van der Waals surface area contributed by atoms with Gasteiger partial charge < -0.3 is 14.7 Å². The second kappa shape index (κ2) is 5.50. The molecule has 0 radical (unpaired) electrons. The minimum absolute atomic E-state index is 0.176. The van der Waals surface area contributed by atoms with Crippen molar-refractivity contribution >= 4 is 5.69 Å². The zero-order valence-corrected chi connectivity index (χ0v) is 8.73. The van der Waals surface area contributed by atoms with Crippen LogP contribution < -0.4 is 9.64 Å². The summed E-state index contributed by atoms with van der Waals surface area (Å²) in [6.07, 6.45) is 0.676. The highest BCUT2D eigenvalue weighted by Gasteiger charge is 1.96. The maximum atomic E-state index is 8.57. The Morgan fingerprint density at radius 3 is 2.36 bits per heavy atom. The Labute approximate surface area is 84.9 Å². The Kier molecular flexibility index (Phi) is 4.26. The van der Waals surface area contributed by atoms with Crippen molar-refractivity contribution in [2.75, 3.05) is 32.2 Å².